The Labute approximate surface area is 182 Å². The minimum atomic E-state index is -1.30. The predicted octanol–water partition coefficient (Wildman–Crippen LogP) is -2.11. The number of thiol groups is 1. The number of thioether (sulfide) groups is 1. The lowest BCUT2D eigenvalue weighted by molar-refractivity contribution is -0.155. The molecule has 2 atom stereocenters. The average molecular weight is 472 g/mol. The van der Waals surface area contributed by atoms with Gasteiger partial charge in [-0.3, -0.25) is 14.5 Å². The highest BCUT2D eigenvalue weighted by molar-refractivity contribution is 8.18. The van der Waals surface area contributed by atoms with Gasteiger partial charge in [0.25, 0.3) is 16.9 Å². The van der Waals surface area contributed by atoms with Gasteiger partial charge in [0.2, 0.25) is 11.5 Å². The van der Waals surface area contributed by atoms with Crippen molar-refractivity contribution < 1.29 is 30.1 Å². The van der Waals surface area contributed by atoms with Crippen molar-refractivity contribution >= 4 is 76.0 Å². The average Bonchev–Trinajstić information content (AvgIpc) is 3.12. The number of aliphatic carboxylic acids is 1. The molecule has 3 rings (SSSR count). The lowest BCUT2D eigenvalue weighted by atomic mass is 9.86. The van der Waals surface area contributed by atoms with Crippen molar-refractivity contribution in [2.45, 2.75) is 24.9 Å². The van der Waals surface area contributed by atoms with Gasteiger partial charge in [-0.25, -0.2) is 14.6 Å². The summed E-state index contributed by atoms with van der Waals surface area (Å²) in [4.78, 5) is 42.1. The van der Waals surface area contributed by atoms with Crippen LogP contribution in [0.1, 0.15) is 18.7 Å². The molecule has 0 saturated carbocycles. The highest BCUT2D eigenvalue weighted by Gasteiger charge is 2.54. The van der Waals surface area contributed by atoms with E-state index in [0.29, 0.717) is 17.7 Å². The number of oxime groups is 1. The molecule has 2 amide bonds. The number of carbonyl (C=O) groups excluding carboxylic acids is 2. The maximum absolute atomic E-state index is 12.6. The summed E-state index contributed by atoms with van der Waals surface area (Å²) < 4.78 is 7.26. The lowest BCUT2D eigenvalue weighted by Crippen LogP contribution is -2.72. The molecule has 1 fully saturated rings. The van der Waals surface area contributed by atoms with Gasteiger partial charge in [0.15, 0.2) is 5.13 Å². The molecule has 0 bridgehead atoms. The fourth-order valence-electron chi connectivity index (χ4n) is 3.09. The van der Waals surface area contributed by atoms with Crippen LogP contribution in [0.5, 0.6) is 0 Å². The molecule has 1 aromatic heterocycles. The summed E-state index contributed by atoms with van der Waals surface area (Å²) in [7, 11) is 0. The maximum atomic E-state index is 12.6. The quantitative estimate of drug-likeness (QED) is 0.0668. The molecule has 0 aliphatic carbocycles. The van der Waals surface area contributed by atoms with Crippen LogP contribution in [0.25, 0.3) is 0 Å². The molecule has 0 radical (unpaired) electrons. The number of nitrogen functional groups attached to an aromatic ring is 1. The van der Waals surface area contributed by atoms with E-state index in [0.717, 1.165) is 28.2 Å². The van der Waals surface area contributed by atoms with Crippen molar-refractivity contribution in [3.63, 3.8) is 0 Å². The monoisotopic (exact) mass is 471 g/mol. The van der Waals surface area contributed by atoms with E-state index in [1.807, 2.05) is 0 Å². The Bertz CT molecular complexity index is 1020. The third kappa shape index (κ3) is 4.01. The number of aromatic nitrogens is 2. The molecule has 158 valence electrons. The maximum Gasteiger partial charge on any atom is 0.353 e. The number of rotatable bonds is 6. The first-order chi connectivity index (χ1) is 14.3. The first-order valence-electron chi connectivity index (χ1n) is 8.18. The largest absolute Gasteiger partial charge is 0.477 e. The van der Waals surface area contributed by atoms with Crippen molar-refractivity contribution in [2.75, 3.05) is 5.73 Å². The number of anilines is 1. The van der Waals surface area contributed by atoms with Gasteiger partial charge >= 0.3 is 5.97 Å². The number of amides is 2. The SMILES string of the molecule is Nc1nc(/C(=N/O)C(=O)N[C@@H]2C(=O)N3C(C(=O)O)=C(SC(=[NH2+])/C=N\S)CC[C@H]23)ns1. The van der Waals surface area contributed by atoms with E-state index >= 15 is 0 Å². The van der Waals surface area contributed by atoms with E-state index < -0.39 is 35.6 Å². The number of carbonyl (C=O) groups is 3. The fraction of sp³-hybridized carbons (Fsp3) is 0.286. The molecule has 1 saturated heterocycles. The minimum absolute atomic E-state index is 0.0671. The van der Waals surface area contributed by atoms with Crippen LogP contribution < -0.4 is 16.5 Å². The first-order valence-corrected chi connectivity index (χ1v) is 10.2. The molecule has 0 unspecified atom stereocenters. The highest BCUT2D eigenvalue weighted by atomic mass is 32.2. The Hall–Kier alpha value is -2.98. The van der Waals surface area contributed by atoms with E-state index in [1.54, 1.807) is 0 Å². The van der Waals surface area contributed by atoms with Crippen LogP contribution in [0.15, 0.2) is 20.2 Å². The van der Waals surface area contributed by atoms with E-state index in [9.17, 15) is 19.5 Å². The van der Waals surface area contributed by atoms with Crippen LogP contribution in [-0.4, -0.2) is 71.4 Å². The number of carboxylic acids is 1. The van der Waals surface area contributed by atoms with Crippen LogP contribution in [-0.2, 0) is 14.4 Å². The number of allylic oxidation sites excluding steroid dienone is 1. The number of carboxylic acid groups (broad SMARTS) is 1. The van der Waals surface area contributed by atoms with Gasteiger partial charge in [-0.2, -0.15) is 9.36 Å². The Morgan fingerprint density at radius 3 is 2.80 bits per heavy atom. The molecule has 1 aromatic rings. The summed E-state index contributed by atoms with van der Waals surface area (Å²) in [6, 6.07) is -1.57. The third-order valence-corrected chi connectivity index (χ3v) is 5.92. The molecule has 13 nitrogen and oxygen atoms in total. The van der Waals surface area contributed by atoms with Crippen molar-refractivity contribution in [1.29, 1.82) is 0 Å². The number of nitrogens with one attached hydrogen (secondary N) is 1. The summed E-state index contributed by atoms with van der Waals surface area (Å²) in [5, 5.41) is 30.1. The third-order valence-electron chi connectivity index (χ3n) is 4.28. The Kier molecular flexibility index (Phi) is 6.37. The summed E-state index contributed by atoms with van der Waals surface area (Å²) in [5.41, 5.74) is 4.75. The number of fused-ring (bicyclic) bond motifs is 1. The summed E-state index contributed by atoms with van der Waals surface area (Å²) in [6.07, 6.45) is 1.95. The molecule has 0 spiro atoms. The van der Waals surface area contributed by atoms with E-state index in [2.05, 4.69) is 37.0 Å². The first kappa shape index (κ1) is 21.7. The van der Waals surface area contributed by atoms with Crippen LogP contribution in [0.4, 0.5) is 5.13 Å². The van der Waals surface area contributed by atoms with E-state index in [1.165, 1.54) is 6.21 Å². The van der Waals surface area contributed by atoms with Crippen LogP contribution in [0.2, 0.25) is 0 Å². The zero-order valence-electron chi connectivity index (χ0n) is 14.9. The molecule has 3 heterocycles. The molecule has 7 N–H and O–H groups in total. The molecule has 0 aromatic carbocycles. The molecule has 16 heteroatoms. The van der Waals surface area contributed by atoms with Gasteiger partial charge in [0.05, 0.1) is 6.04 Å². The highest BCUT2D eigenvalue weighted by Crippen LogP contribution is 2.40. The molecular weight excluding hydrogens is 456 g/mol. The number of hydrogen-bond donors (Lipinski definition) is 6. The smallest absolute Gasteiger partial charge is 0.353 e. The Morgan fingerprint density at radius 2 is 2.23 bits per heavy atom. The van der Waals surface area contributed by atoms with Crippen LogP contribution >= 0.6 is 36.1 Å². The Morgan fingerprint density at radius 1 is 1.50 bits per heavy atom. The standard InChI is InChI=1S/C14H14N8O5S3/c15-6(3-17-28)29-5-2-1-4-7(12(24)22(4)9(5)13(25)26)18-11(23)8(20-27)10-19-14(16)30-21-10/h3-4,7,15,27-28H,1-2H2,(H,18,23)(H,25,26)(H2,16,19,21)/p+1/b15-6?,17-3-,20-8-/t4-,7+/m1/s1. The van der Waals surface area contributed by atoms with Crippen LogP contribution in [0.3, 0.4) is 0 Å². The van der Waals surface area contributed by atoms with Gasteiger partial charge in [0, 0.05) is 16.4 Å². The second kappa shape index (κ2) is 8.80. The molecular formula is C14H15N8O5S3+. The number of β-lactam (4-membered cyclic amide) rings is 1. The predicted molar refractivity (Wildman–Crippen MR) is 111 cm³/mol. The number of nitrogens with zero attached hydrogens (tertiary/aromatic N) is 5. The molecule has 30 heavy (non-hydrogen) atoms. The number of hydrogen-bond acceptors (Lipinski definition) is 12. The summed E-state index contributed by atoms with van der Waals surface area (Å²) >= 11 is 5.45. The molecule has 2 aliphatic heterocycles. The van der Waals surface area contributed by atoms with Gasteiger partial charge in [-0.15, -0.1) is 0 Å². The fourth-order valence-corrected chi connectivity index (χ4v) is 4.62. The van der Waals surface area contributed by atoms with Gasteiger partial charge < -0.3 is 21.4 Å². The Balaban J connectivity index is 1.78. The minimum Gasteiger partial charge on any atom is -0.477 e. The van der Waals surface area contributed by atoms with Crippen LogP contribution in [0, 0.1) is 0 Å². The van der Waals surface area contributed by atoms with Crippen molar-refractivity contribution in [1.82, 2.24) is 19.6 Å². The summed E-state index contributed by atoms with van der Waals surface area (Å²) in [6.45, 7) is 0. The van der Waals surface area contributed by atoms with Crippen molar-refractivity contribution in [2.24, 2.45) is 9.55 Å². The second-order valence-electron chi connectivity index (χ2n) is 6.00. The van der Waals surface area contributed by atoms with Crippen molar-refractivity contribution in [3.05, 3.63) is 16.4 Å². The second-order valence-corrected chi connectivity index (χ2v) is 8.18. The van der Waals surface area contributed by atoms with Crippen molar-refractivity contribution in [3.8, 4) is 0 Å². The summed E-state index contributed by atoms with van der Waals surface area (Å²) in [5.74, 6) is -2.99. The molecule has 2 aliphatic rings. The van der Waals surface area contributed by atoms with Gasteiger partial charge in [0.1, 0.15) is 18.0 Å². The van der Waals surface area contributed by atoms with Gasteiger partial charge in [-0.1, -0.05) is 5.16 Å². The zero-order chi connectivity index (χ0) is 22.0. The lowest BCUT2D eigenvalue weighted by Gasteiger charge is -2.49. The number of nitrogens with two attached hydrogens (primary N) is 2. The van der Waals surface area contributed by atoms with E-state index in [-0.39, 0.29) is 21.7 Å². The zero-order valence-corrected chi connectivity index (χ0v) is 17.4. The topological polar surface area (TPSA) is 209 Å². The normalized spacial score (nSPS) is 21.4. The van der Waals surface area contributed by atoms with E-state index in [4.69, 9.17) is 16.4 Å². The van der Waals surface area contributed by atoms with Gasteiger partial charge in [-0.05, 0) is 37.4 Å².